The molecule has 0 amide bonds. The van der Waals surface area contributed by atoms with Gasteiger partial charge in [-0.3, -0.25) is 4.90 Å². The van der Waals surface area contributed by atoms with Gasteiger partial charge < -0.3 is 19.3 Å². The van der Waals surface area contributed by atoms with Crippen molar-refractivity contribution in [3.8, 4) is 11.5 Å². The molecule has 0 bridgehead atoms. The highest BCUT2D eigenvalue weighted by Crippen LogP contribution is 2.45. The lowest BCUT2D eigenvalue weighted by atomic mass is 9.96. The summed E-state index contributed by atoms with van der Waals surface area (Å²) in [5.74, 6) is 0.106. The summed E-state index contributed by atoms with van der Waals surface area (Å²) in [4.78, 5) is 2.23. The lowest BCUT2D eigenvalue weighted by molar-refractivity contribution is -0.249. The van der Waals surface area contributed by atoms with Crippen LogP contribution in [0.4, 0.5) is 0 Å². The number of morpholine rings is 1. The number of nitrogens with zero attached hydrogens (tertiary/aromatic N) is 1. The molecule has 1 unspecified atom stereocenters. The highest BCUT2D eigenvalue weighted by atomic mass is 35.5. The minimum Gasteiger partial charge on any atom is -0.490 e. The van der Waals surface area contributed by atoms with Crippen molar-refractivity contribution >= 4 is 12.4 Å². The fraction of sp³-hybridized carbons (Fsp3) is 0.478. The van der Waals surface area contributed by atoms with Gasteiger partial charge in [0.05, 0.1) is 19.8 Å². The molecule has 158 valence electrons. The van der Waals surface area contributed by atoms with E-state index in [-0.39, 0.29) is 18.0 Å². The number of β-amino-alcohol motifs (C(OH)–C–C–N with tert-alkyl or cyclic N) is 1. The number of halogens is 1. The number of ether oxygens (including phenoxy) is 3. The molecule has 0 aromatic heterocycles. The minimum atomic E-state index is -1.36. The molecule has 2 aliphatic rings. The summed E-state index contributed by atoms with van der Waals surface area (Å²) in [6.45, 7) is 9.09. The molecule has 2 aromatic carbocycles. The SMILES string of the molecule is CCOc1cc(C2(O)CN(Cc3ccccc3)CCO2)cc2c1OC(C)(C)C2.Cl. The number of hydrogen-bond donors (Lipinski definition) is 1. The van der Waals surface area contributed by atoms with E-state index in [0.29, 0.717) is 25.5 Å². The van der Waals surface area contributed by atoms with Gasteiger partial charge in [0.2, 0.25) is 5.79 Å². The molecule has 2 heterocycles. The number of benzene rings is 2. The Hall–Kier alpha value is -1.79. The molecular formula is C23H30ClNO4. The van der Waals surface area contributed by atoms with Crippen LogP contribution in [0.3, 0.4) is 0 Å². The van der Waals surface area contributed by atoms with Crippen LogP contribution < -0.4 is 9.47 Å². The van der Waals surface area contributed by atoms with Crippen molar-refractivity contribution < 1.29 is 19.3 Å². The van der Waals surface area contributed by atoms with Crippen molar-refractivity contribution in [1.82, 2.24) is 4.90 Å². The first-order valence-electron chi connectivity index (χ1n) is 10.0. The number of fused-ring (bicyclic) bond motifs is 1. The second kappa shape index (κ2) is 8.52. The Morgan fingerprint density at radius 3 is 2.66 bits per heavy atom. The van der Waals surface area contributed by atoms with Crippen molar-refractivity contribution in [2.75, 3.05) is 26.3 Å². The topological polar surface area (TPSA) is 51.2 Å². The fourth-order valence-electron chi connectivity index (χ4n) is 4.09. The Morgan fingerprint density at radius 2 is 1.93 bits per heavy atom. The van der Waals surface area contributed by atoms with E-state index in [1.165, 1.54) is 5.56 Å². The third-order valence-electron chi connectivity index (χ3n) is 5.31. The molecule has 0 saturated carbocycles. The molecule has 2 aliphatic heterocycles. The molecule has 4 rings (SSSR count). The summed E-state index contributed by atoms with van der Waals surface area (Å²) >= 11 is 0. The predicted octanol–water partition coefficient (Wildman–Crippen LogP) is 3.90. The lowest BCUT2D eigenvalue weighted by Gasteiger charge is -2.39. The van der Waals surface area contributed by atoms with Gasteiger partial charge in [-0.1, -0.05) is 30.3 Å². The van der Waals surface area contributed by atoms with Crippen LogP contribution in [0.15, 0.2) is 42.5 Å². The number of rotatable bonds is 5. The summed E-state index contributed by atoms with van der Waals surface area (Å²) in [7, 11) is 0. The lowest BCUT2D eigenvalue weighted by Crippen LogP contribution is -2.49. The normalized spacial score (nSPS) is 23.0. The van der Waals surface area contributed by atoms with Crippen LogP contribution in [0, 0.1) is 0 Å². The van der Waals surface area contributed by atoms with Crippen molar-refractivity contribution in [1.29, 1.82) is 0 Å². The zero-order valence-corrected chi connectivity index (χ0v) is 18.1. The van der Waals surface area contributed by atoms with E-state index in [0.717, 1.165) is 36.4 Å². The van der Waals surface area contributed by atoms with E-state index in [4.69, 9.17) is 14.2 Å². The maximum absolute atomic E-state index is 11.4. The average molecular weight is 420 g/mol. The van der Waals surface area contributed by atoms with Gasteiger partial charge in [-0.25, -0.2) is 0 Å². The summed E-state index contributed by atoms with van der Waals surface area (Å²) in [5, 5.41) is 11.4. The molecule has 6 heteroatoms. The number of hydrogen-bond acceptors (Lipinski definition) is 5. The highest BCUT2D eigenvalue weighted by molar-refractivity contribution is 5.85. The van der Waals surface area contributed by atoms with Crippen molar-refractivity contribution in [3.63, 3.8) is 0 Å². The van der Waals surface area contributed by atoms with Crippen LogP contribution in [-0.4, -0.2) is 41.9 Å². The molecule has 1 N–H and O–H groups in total. The van der Waals surface area contributed by atoms with Gasteiger partial charge >= 0.3 is 0 Å². The van der Waals surface area contributed by atoms with Crippen molar-refractivity contribution in [3.05, 3.63) is 59.2 Å². The first-order valence-corrected chi connectivity index (χ1v) is 10.0. The maximum atomic E-state index is 11.4. The summed E-state index contributed by atoms with van der Waals surface area (Å²) < 4.78 is 17.8. The third kappa shape index (κ3) is 4.69. The van der Waals surface area contributed by atoms with Crippen LogP contribution in [0.1, 0.15) is 37.5 Å². The standard InChI is InChI=1S/C23H29NO4.ClH/c1-4-26-20-13-19(12-18-14-22(2,3)28-21(18)20)23(25)16-24(10-11-27-23)15-17-8-6-5-7-9-17;/h5-9,12-13,25H,4,10-11,14-16H2,1-3H3;1H. The molecular weight excluding hydrogens is 390 g/mol. The Kier molecular flexibility index (Phi) is 6.44. The Morgan fingerprint density at radius 1 is 1.17 bits per heavy atom. The van der Waals surface area contributed by atoms with Crippen molar-refractivity contribution in [2.24, 2.45) is 0 Å². The molecule has 2 aromatic rings. The monoisotopic (exact) mass is 419 g/mol. The third-order valence-corrected chi connectivity index (χ3v) is 5.31. The molecule has 29 heavy (non-hydrogen) atoms. The summed E-state index contributed by atoms with van der Waals surface area (Å²) in [6.07, 6.45) is 0.778. The highest BCUT2D eigenvalue weighted by Gasteiger charge is 2.40. The average Bonchev–Trinajstić information content (AvgIpc) is 2.97. The molecule has 1 atom stereocenters. The van der Waals surface area contributed by atoms with E-state index in [2.05, 4.69) is 30.9 Å². The Labute approximate surface area is 179 Å². The first kappa shape index (κ1) is 21.9. The van der Waals surface area contributed by atoms with Crippen LogP contribution in [0.2, 0.25) is 0 Å². The zero-order chi connectivity index (χ0) is 19.8. The molecule has 0 aliphatic carbocycles. The smallest absolute Gasteiger partial charge is 0.205 e. The Balaban J connectivity index is 0.00000240. The molecule has 1 fully saturated rings. The van der Waals surface area contributed by atoms with Gasteiger partial charge in [0, 0.05) is 30.6 Å². The Bertz CT molecular complexity index is 842. The largest absolute Gasteiger partial charge is 0.490 e. The van der Waals surface area contributed by atoms with Crippen LogP contribution in [-0.2, 0) is 23.5 Å². The zero-order valence-electron chi connectivity index (χ0n) is 17.3. The van der Waals surface area contributed by atoms with E-state index in [1.807, 2.05) is 37.3 Å². The van der Waals surface area contributed by atoms with E-state index >= 15 is 0 Å². The fourth-order valence-corrected chi connectivity index (χ4v) is 4.09. The van der Waals surface area contributed by atoms with Crippen molar-refractivity contribution in [2.45, 2.75) is 45.1 Å². The quantitative estimate of drug-likeness (QED) is 0.796. The molecule has 5 nitrogen and oxygen atoms in total. The second-order valence-electron chi connectivity index (χ2n) is 8.26. The van der Waals surface area contributed by atoms with Crippen LogP contribution >= 0.6 is 12.4 Å². The van der Waals surface area contributed by atoms with E-state index in [1.54, 1.807) is 0 Å². The van der Waals surface area contributed by atoms with Gasteiger partial charge in [-0.05, 0) is 38.5 Å². The minimum absolute atomic E-state index is 0. The van der Waals surface area contributed by atoms with Gasteiger partial charge in [0.15, 0.2) is 11.5 Å². The molecule has 1 saturated heterocycles. The van der Waals surface area contributed by atoms with Gasteiger partial charge in [0.1, 0.15) is 5.60 Å². The van der Waals surface area contributed by atoms with Gasteiger partial charge in [-0.2, -0.15) is 0 Å². The second-order valence-corrected chi connectivity index (χ2v) is 8.26. The van der Waals surface area contributed by atoms with E-state index < -0.39 is 5.79 Å². The predicted molar refractivity (Wildman–Crippen MR) is 115 cm³/mol. The molecule has 0 radical (unpaired) electrons. The first-order chi connectivity index (χ1) is 13.4. The van der Waals surface area contributed by atoms with Gasteiger partial charge in [0.25, 0.3) is 0 Å². The van der Waals surface area contributed by atoms with Crippen LogP contribution in [0.25, 0.3) is 0 Å². The molecule has 0 spiro atoms. The summed E-state index contributed by atoms with van der Waals surface area (Å²) in [6, 6.07) is 14.2. The van der Waals surface area contributed by atoms with Crippen LogP contribution in [0.5, 0.6) is 11.5 Å². The summed E-state index contributed by atoms with van der Waals surface area (Å²) in [5.41, 5.74) is 2.74. The van der Waals surface area contributed by atoms with E-state index in [9.17, 15) is 5.11 Å². The number of aliphatic hydroxyl groups is 1. The maximum Gasteiger partial charge on any atom is 0.205 e. The van der Waals surface area contributed by atoms with Gasteiger partial charge in [-0.15, -0.1) is 12.4 Å².